The fourth-order valence-corrected chi connectivity index (χ4v) is 3.78. The number of hydrogen-bond donors (Lipinski definition) is 2. The van der Waals surface area contributed by atoms with Crippen LogP contribution in [-0.2, 0) is 4.74 Å². The fourth-order valence-electron chi connectivity index (χ4n) is 2.55. The number of ether oxygens (including phenoxy) is 1. The molecule has 23 heavy (non-hydrogen) atoms. The van der Waals surface area contributed by atoms with Gasteiger partial charge in [-0.2, -0.15) is 4.98 Å². The first-order valence-corrected chi connectivity index (χ1v) is 8.43. The number of aromatic amines is 1. The van der Waals surface area contributed by atoms with Gasteiger partial charge in [0.05, 0.1) is 4.88 Å². The van der Waals surface area contributed by atoms with Gasteiger partial charge in [0.2, 0.25) is 5.95 Å². The summed E-state index contributed by atoms with van der Waals surface area (Å²) in [6.07, 6.45) is 1.87. The van der Waals surface area contributed by atoms with E-state index in [1.165, 1.54) is 11.3 Å². The molecule has 0 aliphatic carbocycles. The van der Waals surface area contributed by atoms with E-state index >= 15 is 0 Å². The van der Waals surface area contributed by atoms with Crippen LogP contribution in [0.15, 0.2) is 24.3 Å². The number of benzene rings is 1. The van der Waals surface area contributed by atoms with E-state index in [1.54, 1.807) is 6.07 Å². The summed E-state index contributed by atoms with van der Waals surface area (Å²) in [5, 5.41) is 11.2. The number of fused-ring (bicyclic) bond motifs is 1. The van der Waals surface area contributed by atoms with Gasteiger partial charge in [-0.25, -0.2) is 0 Å². The maximum Gasteiger partial charge on any atom is 0.268 e. The summed E-state index contributed by atoms with van der Waals surface area (Å²) in [5.41, 5.74) is 0. The number of aromatic nitrogens is 3. The minimum absolute atomic E-state index is 0.0559. The molecule has 118 valence electrons. The Bertz CT molecular complexity index is 869. The normalized spacial score (nSPS) is 17.7. The van der Waals surface area contributed by atoms with Gasteiger partial charge in [0.1, 0.15) is 6.10 Å². The third kappa shape index (κ3) is 2.95. The molecule has 2 N–H and O–H groups in total. The average molecular weight is 349 g/mol. The molecule has 3 aromatic rings. The van der Waals surface area contributed by atoms with Crippen molar-refractivity contribution >= 4 is 44.9 Å². The molecule has 2 aromatic heterocycles. The van der Waals surface area contributed by atoms with Gasteiger partial charge in [0.25, 0.3) is 5.91 Å². The Morgan fingerprint density at radius 2 is 2.35 bits per heavy atom. The third-order valence-corrected chi connectivity index (χ3v) is 5.00. The topological polar surface area (TPSA) is 79.9 Å². The highest BCUT2D eigenvalue weighted by Gasteiger charge is 2.22. The number of carbonyl (C=O) groups excluding carboxylic acids is 1. The molecule has 1 aliphatic rings. The summed E-state index contributed by atoms with van der Waals surface area (Å²) < 4.78 is 6.51. The minimum Gasteiger partial charge on any atom is -0.370 e. The SMILES string of the molecule is O=C(Nc1n[nH]c([C@H]2CCCO2)n1)c1cc2ccc(Cl)cc2s1. The van der Waals surface area contributed by atoms with Crippen molar-refractivity contribution in [2.24, 2.45) is 0 Å². The summed E-state index contributed by atoms with van der Waals surface area (Å²) in [5.74, 6) is 0.678. The van der Waals surface area contributed by atoms with E-state index in [1.807, 2.05) is 18.2 Å². The fraction of sp³-hybridized carbons (Fsp3) is 0.267. The summed E-state index contributed by atoms with van der Waals surface area (Å²) in [6.45, 7) is 0.734. The van der Waals surface area contributed by atoms with Crippen LogP contribution < -0.4 is 5.32 Å². The van der Waals surface area contributed by atoms with Gasteiger partial charge in [-0.3, -0.25) is 15.2 Å². The number of halogens is 1. The standard InChI is InChI=1S/C15H13ClN4O2S/c16-9-4-3-8-6-12(23-11(8)7-9)14(21)18-15-17-13(19-20-15)10-2-1-5-22-10/h3-4,6-7,10H,1-2,5H2,(H2,17,18,19,20,21)/t10-/m1/s1. The molecule has 3 heterocycles. The molecule has 0 radical (unpaired) electrons. The lowest BCUT2D eigenvalue weighted by molar-refractivity contribution is 0.102. The van der Waals surface area contributed by atoms with Gasteiger partial charge in [-0.15, -0.1) is 16.4 Å². The Morgan fingerprint density at radius 3 is 3.17 bits per heavy atom. The van der Waals surface area contributed by atoms with E-state index in [-0.39, 0.29) is 18.0 Å². The lowest BCUT2D eigenvalue weighted by Gasteiger charge is -2.02. The summed E-state index contributed by atoms with van der Waals surface area (Å²) >= 11 is 7.36. The smallest absolute Gasteiger partial charge is 0.268 e. The molecule has 1 aliphatic heterocycles. The lowest BCUT2D eigenvalue weighted by Crippen LogP contribution is -2.11. The van der Waals surface area contributed by atoms with Crippen molar-refractivity contribution in [3.63, 3.8) is 0 Å². The Kier molecular flexibility index (Phi) is 3.76. The first-order valence-electron chi connectivity index (χ1n) is 7.23. The van der Waals surface area contributed by atoms with Crippen molar-refractivity contribution in [3.8, 4) is 0 Å². The number of carbonyl (C=O) groups is 1. The van der Waals surface area contributed by atoms with Crippen LogP contribution in [0.25, 0.3) is 10.1 Å². The van der Waals surface area contributed by atoms with Crippen LogP contribution in [0.5, 0.6) is 0 Å². The second kappa shape index (κ2) is 5.92. The maximum absolute atomic E-state index is 12.3. The van der Waals surface area contributed by atoms with Crippen LogP contribution in [0.1, 0.15) is 34.4 Å². The van der Waals surface area contributed by atoms with E-state index < -0.39 is 0 Å². The van der Waals surface area contributed by atoms with Gasteiger partial charge in [-0.1, -0.05) is 17.7 Å². The van der Waals surface area contributed by atoms with Crippen LogP contribution in [-0.4, -0.2) is 27.7 Å². The van der Waals surface area contributed by atoms with E-state index in [9.17, 15) is 4.79 Å². The molecule has 1 atom stereocenters. The molecule has 0 unspecified atom stereocenters. The van der Waals surface area contributed by atoms with Crippen molar-refractivity contribution < 1.29 is 9.53 Å². The number of rotatable bonds is 3. The highest BCUT2D eigenvalue weighted by molar-refractivity contribution is 7.21. The zero-order valence-corrected chi connectivity index (χ0v) is 13.6. The van der Waals surface area contributed by atoms with Crippen LogP contribution in [0.2, 0.25) is 5.02 Å². The van der Waals surface area contributed by atoms with Crippen LogP contribution in [0.4, 0.5) is 5.95 Å². The molecule has 1 amide bonds. The second-order valence-electron chi connectivity index (χ2n) is 5.29. The molecule has 0 spiro atoms. The van der Waals surface area contributed by atoms with Crippen molar-refractivity contribution in [2.75, 3.05) is 11.9 Å². The summed E-state index contributed by atoms with van der Waals surface area (Å²) in [7, 11) is 0. The first kappa shape index (κ1) is 14.6. The number of hydrogen-bond acceptors (Lipinski definition) is 5. The average Bonchev–Trinajstić information content (AvgIpc) is 3.26. The van der Waals surface area contributed by atoms with E-state index in [0.29, 0.717) is 15.7 Å². The van der Waals surface area contributed by atoms with Crippen molar-refractivity contribution in [1.29, 1.82) is 0 Å². The lowest BCUT2D eigenvalue weighted by atomic mass is 10.2. The second-order valence-corrected chi connectivity index (χ2v) is 6.81. The molecular formula is C15H13ClN4O2S. The minimum atomic E-state index is -0.236. The Morgan fingerprint density at radius 1 is 1.43 bits per heavy atom. The van der Waals surface area contributed by atoms with Gasteiger partial charge >= 0.3 is 0 Å². The predicted octanol–water partition coefficient (Wildman–Crippen LogP) is 3.78. The third-order valence-electron chi connectivity index (χ3n) is 3.67. The molecule has 1 fully saturated rings. The molecule has 1 saturated heterocycles. The van der Waals surface area contributed by atoms with Crippen molar-refractivity contribution in [3.05, 3.63) is 40.0 Å². The Hall–Kier alpha value is -1.96. The van der Waals surface area contributed by atoms with Gasteiger partial charge in [-0.05, 0) is 36.4 Å². The highest BCUT2D eigenvalue weighted by Crippen LogP contribution is 2.29. The van der Waals surface area contributed by atoms with E-state index in [2.05, 4.69) is 20.5 Å². The zero-order valence-electron chi connectivity index (χ0n) is 12.0. The molecule has 6 nitrogen and oxygen atoms in total. The molecule has 4 rings (SSSR count). The van der Waals surface area contributed by atoms with E-state index in [0.717, 1.165) is 29.5 Å². The monoisotopic (exact) mass is 348 g/mol. The number of amides is 1. The molecule has 0 saturated carbocycles. The largest absolute Gasteiger partial charge is 0.370 e. The molecule has 0 bridgehead atoms. The molecular weight excluding hydrogens is 336 g/mol. The van der Waals surface area contributed by atoms with Crippen molar-refractivity contribution in [2.45, 2.75) is 18.9 Å². The highest BCUT2D eigenvalue weighted by atomic mass is 35.5. The first-order chi connectivity index (χ1) is 11.2. The number of thiophene rings is 1. The maximum atomic E-state index is 12.3. The summed E-state index contributed by atoms with van der Waals surface area (Å²) in [6, 6.07) is 7.38. The predicted molar refractivity (Wildman–Crippen MR) is 89.1 cm³/mol. The molecule has 8 heteroatoms. The molecule has 1 aromatic carbocycles. The Labute approximate surface area is 140 Å². The zero-order chi connectivity index (χ0) is 15.8. The van der Waals surface area contributed by atoms with Crippen LogP contribution >= 0.6 is 22.9 Å². The van der Waals surface area contributed by atoms with Gasteiger partial charge < -0.3 is 4.74 Å². The number of nitrogens with zero attached hydrogens (tertiary/aromatic N) is 2. The number of nitrogens with one attached hydrogen (secondary N) is 2. The van der Waals surface area contributed by atoms with Crippen molar-refractivity contribution in [1.82, 2.24) is 15.2 Å². The number of anilines is 1. The van der Waals surface area contributed by atoms with Gasteiger partial charge in [0, 0.05) is 16.3 Å². The van der Waals surface area contributed by atoms with Crippen LogP contribution in [0, 0.1) is 0 Å². The van der Waals surface area contributed by atoms with Crippen LogP contribution in [0.3, 0.4) is 0 Å². The Balaban J connectivity index is 1.52. The quantitative estimate of drug-likeness (QED) is 0.755. The number of H-pyrrole nitrogens is 1. The van der Waals surface area contributed by atoms with Gasteiger partial charge in [0.15, 0.2) is 5.82 Å². The summed E-state index contributed by atoms with van der Waals surface area (Å²) in [4.78, 5) is 17.2. The van der Waals surface area contributed by atoms with E-state index in [4.69, 9.17) is 16.3 Å².